The second kappa shape index (κ2) is 8.10. The van der Waals surface area contributed by atoms with E-state index in [0.29, 0.717) is 22.7 Å². The maximum atomic E-state index is 12.6. The van der Waals surface area contributed by atoms with Crippen LogP contribution in [0.15, 0.2) is 12.1 Å². The van der Waals surface area contributed by atoms with Gasteiger partial charge in [0.15, 0.2) is 0 Å². The largest absolute Gasteiger partial charge is 0.416 e. The fraction of sp³-hybridized carbons (Fsp3) is 0.412. The molecule has 1 heterocycles. The van der Waals surface area contributed by atoms with Crippen LogP contribution in [0.4, 0.5) is 8.78 Å². The summed E-state index contributed by atoms with van der Waals surface area (Å²) in [6.07, 6.45) is 4.71. The molecule has 0 aliphatic rings. The first-order chi connectivity index (χ1) is 11.9. The van der Waals surface area contributed by atoms with Gasteiger partial charge >= 0.3 is 6.61 Å². The second-order valence-corrected chi connectivity index (χ2v) is 12.4. The van der Waals surface area contributed by atoms with E-state index < -0.39 is 13.5 Å². The molecule has 2 aromatic rings. The minimum Gasteiger partial charge on any atom is -0.416 e. The predicted molar refractivity (Wildman–Crippen MR) is 109 cm³/mol. The number of nitrogens with zero attached hydrogens (tertiary/aromatic N) is 2. The van der Waals surface area contributed by atoms with Gasteiger partial charge in [-0.1, -0.05) is 36.4 Å². The Labute approximate surface area is 167 Å². The molecule has 0 radical (unpaired) electrons. The lowest BCUT2D eigenvalue weighted by molar-refractivity contribution is -0.0552. The van der Waals surface area contributed by atoms with Crippen LogP contribution in [0.25, 0.3) is 11.3 Å². The van der Waals surface area contributed by atoms with E-state index in [1.807, 2.05) is 13.0 Å². The third kappa shape index (κ3) is 4.75. The Hall–Kier alpha value is -0.740. The van der Waals surface area contributed by atoms with Crippen LogP contribution in [-0.4, -0.2) is 41.1 Å². The molecule has 0 aliphatic carbocycles. The third-order valence-electron chi connectivity index (χ3n) is 3.94. The summed E-state index contributed by atoms with van der Waals surface area (Å²) in [5.74, 6) is -0.187. The van der Waals surface area contributed by atoms with E-state index in [1.54, 1.807) is 6.07 Å². The van der Waals surface area contributed by atoms with Crippen molar-refractivity contribution in [2.24, 2.45) is 7.05 Å². The van der Waals surface area contributed by atoms with Crippen molar-refractivity contribution >= 4 is 48.0 Å². The molecule has 2 rings (SSSR count). The Bertz CT molecular complexity index is 864. The quantitative estimate of drug-likeness (QED) is 0.397. The molecular formula is C17H20Cl3F2N2OP. The molecule has 1 aromatic carbocycles. The maximum absolute atomic E-state index is 12.6. The third-order valence-corrected chi connectivity index (χ3v) is 8.07. The van der Waals surface area contributed by atoms with Gasteiger partial charge in [0.25, 0.3) is 0 Å². The number of alkyl halides is 3. The second-order valence-electron chi connectivity index (χ2n) is 6.65. The Morgan fingerprint density at radius 3 is 2.46 bits per heavy atom. The van der Waals surface area contributed by atoms with Crippen molar-refractivity contribution < 1.29 is 13.5 Å². The highest BCUT2D eigenvalue weighted by atomic mass is 35.5. The van der Waals surface area contributed by atoms with Crippen molar-refractivity contribution in [2.75, 3.05) is 13.3 Å². The number of benzene rings is 1. The number of rotatable bonds is 6. The van der Waals surface area contributed by atoms with Crippen molar-refractivity contribution in [2.45, 2.75) is 25.1 Å². The van der Waals surface area contributed by atoms with Crippen LogP contribution >= 0.6 is 41.7 Å². The van der Waals surface area contributed by atoms with E-state index >= 15 is 0 Å². The summed E-state index contributed by atoms with van der Waals surface area (Å²) in [5.41, 5.74) is 2.70. The molecule has 0 fully saturated rings. The minimum atomic E-state index is -2.99. The number of aromatic nitrogens is 2. The molecule has 3 nitrogen and oxygen atoms in total. The standard InChI is InChI=1S/C17H20Cl3F2N2OP/c1-9-6-12(18)10(8-13(19)26(3,4)5)7-11(9)15-14(20)16(24(2)23-15)25-17(21)22/h6-7,13,17H,3,8H2,1-2,4-5H3. The monoisotopic (exact) mass is 442 g/mol. The van der Waals surface area contributed by atoms with Crippen molar-refractivity contribution in [3.8, 4) is 17.1 Å². The van der Waals surface area contributed by atoms with E-state index in [-0.39, 0.29) is 16.0 Å². The van der Waals surface area contributed by atoms with E-state index in [2.05, 4.69) is 29.5 Å². The van der Waals surface area contributed by atoms with Crippen LogP contribution in [0.2, 0.25) is 10.0 Å². The molecule has 0 N–H and O–H groups in total. The summed E-state index contributed by atoms with van der Waals surface area (Å²) < 4.78 is 30.8. The lowest BCUT2D eigenvalue weighted by Gasteiger charge is -2.21. The number of ether oxygens (including phenoxy) is 1. The molecule has 1 unspecified atom stereocenters. The van der Waals surface area contributed by atoms with E-state index in [0.717, 1.165) is 11.1 Å². The zero-order valence-electron chi connectivity index (χ0n) is 14.9. The van der Waals surface area contributed by atoms with Gasteiger partial charge in [0.05, 0.1) is 5.12 Å². The number of hydrogen-bond acceptors (Lipinski definition) is 2. The molecule has 0 spiro atoms. The highest BCUT2D eigenvalue weighted by Crippen LogP contribution is 2.47. The fourth-order valence-corrected chi connectivity index (χ4v) is 3.88. The Morgan fingerprint density at radius 2 is 1.92 bits per heavy atom. The highest BCUT2D eigenvalue weighted by molar-refractivity contribution is 7.74. The summed E-state index contributed by atoms with van der Waals surface area (Å²) >= 11 is 19.1. The zero-order chi connectivity index (χ0) is 19.8. The van der Waals surface area contributed by atoms with Crippen molar-refractivity contribution in [3.63, 3.8) is 0 Å². The number of halogens is 5. The van der Waals surface area contributed by atoms with Crippen LogP contribution in [-0.2, 0) is 13.5 Å². The van der Waals surface area contributed by atoms with Crippen LogP contribution in [0.3, 0.4) is 0 Å². The molecular weight excluding hydrogens is 424 g/mol. The minimum absolute atomic E-state index is 0.0246. The first-order valence-electron chi connectivity index (χ1n) is 7.70. The van der Waals surface area contributed by atoms with Gasteiger partial charge in [0.2, 0.25) is 5.88 Å². The first-order valence-corrected chi connectivity index (χ1v) is 11.8. The maximum Gasteiger partial charge on any atom is 0.388 e. The molecule has 0 amide bonds. The zero-order valence-corrected chi connectivity index (χ0v) is 18.0. The summed E-state index contributed by atoms with van der Waals surface area (Å²) in [6.45, 7) is 1.45. The van der Waals surface area contributed by atoms with Crippen molar-refractivity contribution in [1.29, 1.82) is 0 Å². The highest BCUT2D eigenvalue weighted by Gasteiger charge is 2.23. The Kier molecular flexibility index (Phi) is 6.71. The van der Waals surface area contributed by atoms with Gasteiger partial charge in [0.1, 0.15) is 10.7 Å². The van der Waals surface area contributed by atoms with E-state index in [9.17, 15) is 8.78 Å². The molecule has 0 saturated carbocycles. The fourth-order valence-electron chi connectivity index (χ4n) is 2.42. The van der Waals surface area contributed by atoms with E-state index in [4.69, 9.17) is 34.8 Å². The van der Waals surface area contributed by atoms with Crippen LogP contribution in [0.1, 0.15) is 11.1 Å². The van der Waals surface area contributed by atoms with Crippen LogP contribution < -0.4 is 4.74 Å². The summed E-state index contributed by atoms with van der Waals surface area (Å²) in [7, 11) is 1.49. The Balaban J connectivity index is 2.51. The van der Waals surface area contributed by atoms with Gasteiger partial charge < -0.3 is 4.74 Å². The molecule has 144 valence electrons. The normalized spacial score (nSPS) is 13.3. The van der Waals surface area contributed by atoms with Crippen molar-refractivity contribution in [1.82, 2.24) is 9.78 Å². The van der Waals surface area contributed by atoms with Gasteiger partial charge in [-0.15, -0.1) is 11.6 Å². The van der Waals surface area contributed by atoms with Gasteiger partial charge in [-0.2, -0.15) is 13.9 Å². The SMILES string of the molecule is C=P(C)(C)C(Cl)Cc1cc(-c2nn(C)c(OC(F)F)c2Cl)c(C)cc1Cl. The molecule has 1 atom stereocenters. The average molecular weight is 444 g/mol. The lowest BCUT2D eigenvalue weighted by atomic mass is 10.0. The molecule has 26 heavy (non-hydrogen) atoms. The summed E-state index contributed by atoms with van der Waals surface area (Å²) in [5, 5.41) is 4.72. The summed E-state index contributed by atoms with van der Waals surface area (Å²) in [6, 6.07) is 3.64. The predicted octanol–water partition coefficient (Wildman–Crippen LogP) is 6.12. The van der Waals surface area contributed by atoms with Gasteiger partial charge in [-0.05, 0) is 49.9 Å². The molecule has 0 saturated heterocycles. The molecule has 0 aliphatic heterocycles. The lowest BCUT2D eigenvalue weighted by Crippen LogP contribution is -2.06. The number of aryl methyl sites for hydroxylation is 2. The number of hydrogen-bond donors (Lipinski definition) is 0. The topological polar surface area (TPSA) is 27.1 Å². The van der Waals surface area contributed by atoms with Crippen LogP contribution in [0.5, 0.6) is 5.88 Å². The van der Waals surface area contributed by atoms with Gasteiger partial charge in [0, 0.05) is 17.6 Å². The smallest absolute Gasteiger partial charge is 0.388 e. The Morgan fingerprint density at radius 1 is 1.31 bits per heavy atom. The van der Waals surface area contributed by atoms with Crippen LogP contribution in [0, 0.1) is 6.92 Å². The average Bonchev–Trinajstić information content (AvgIpc) is 2.76. The molecule has 0 bridgehead atoms. The molecule has 1 aromatic heterocycles. The van der Waals surface area contributed by atoms with Crippen molar-refractivity contribution in [3.05, 3.63) is 33.3 Å². The van der Waals surface area contributed by atoms with Gasteiger partial charge in [-0.25, -0.2) is 4.68 Å². The van der Waals surface area contributed by atoms with Gasteiger partial charge in [-0.3, -0.25) is 0 Å². The molecule has 9 heteroatoms. The first kappa shape index (κ1) is 21.6. The summed E-state index contributed by atoms with van der Waals surface area (Å²) in [4.78, 5) is 0. The van der Waals surface area contributed by atoms with E-state index in [1.165, 1.54) is 11.7 Å².